The molecular formula is C14H7BrN2O. The van der Waals surface area contributed by atoms with Crippen LogP contribution in [0.15, 0.2) is 46.9 Å². The third kappa shape index (κ3) is 2.51. The Morgan fingerprint density at radius 2 is 1.67 bits per heavy atom. The standard InChI is InChI=1S/C14H7BrN2O/c15-13-7-12(6-5-10(13)8-16)18-14-4-2-1-3-11(14)9-17/h1-7H. The van der Waals surface area contributed by atoms with E-state index in [0.717, 1.165) is 0 Å². The lowest BCUT2D eigenvalue weighted by molar-refractivity contribution is 0.480. The number of nitriles is 2. The zero-order chi connectivity index (χ0) is 13.0. The van der Waals surface area contributed by atoms with Crippen molar-refractivity contribution >= 4 is 15.9 Å². The smallest absolute Gasteiger partial charge is 0.145 e. The minimum Gasteiger partial charge on any atom is -0.456 e. The molecule has 2 aromatic rings. The van der Waals surface area contributed by atoms with Crippen molar-refractivity contribution in [3.63, 3.8) is 0 Å². The van der Waals surface area contributed by atoms with Crippen LogP contribution < -0.4 is 4.74 Å². The van der Waals surface area contributed by atoms with Crippen molar-refractivity contribution in [3.05, 3.63) is 58.1 Å². The van der Waals surface area contributed by atoms with Crippen molar-refractivity contribution in [1.29, 1.82) is 10.5 Å². The predicted octanol–water partition coefficient (Wildman–Crippen LogP) is 3.98. The first-order valence-corrected chi connectivity index (χ1v) is 5.90. The van der Waals surface area contributed by atoms with Gasteiger partial charge in [0.2, 0.25) is 0 Å². The van der Waals surface area contributed by atoms with Crippen LogP contribution in [-0.4, -0.2) is 0 Å². The topological polar surface area (TPSA) is 56.8 Å². The Balaban J connectivity index is 2.33. The van der Waals surface area contributed by atoms with E-state index in [2.05, 4.69) is 28.1 Å². The molecule has 86 valence electrons. The third-order valence-corrected chi connectivity index (χ3v) is 2.95. The highest BCUT2D eigenvalue weighted by Crippen LogP contribution is 2.28. The van der Waals surface area contributed by atoms with Crippen LogP contribution in [0.5, 0.6) is 11.5 Å². The summed E-state index contributed by atoms with van der Waals surface area (Å²) in [7, 11) is 0. The molecule has 0 aliphatic heterocycles. The molecular weight excluding hydrogens is 292 g/mol. The fourth-order valence-electron chi connectivity index (χ4n) is 1.42. The molecule has 0 radical (unpaired) electrons. The van der Waals surface area contributed by atoms with Crippen molar-refractivity contribution < 1.29 is 4.74 Å². The van der Waals surface area contributed by atoms with Crippen molar-refractivity contribution in [3.8, 4) is 23.6 Å². The molecule has 2 rings (SSSR count). The largest absolute Gasteiger partial charge is 0.456 e. The van der Waals surface area contributed by atoms with Crippen molar-refractivity contribution in [2.75, 3.05) is 0 Å². The van der Waals surface area contributed by atoms with Gasteiger partial charge >= 0.3 is 0 Å². The lowest BCUT2D eigenvalue weighted by Crippen LogP contribution is -1.88. The minimum atomic E-state index is 0.470. The highest BCUT2D eigenvalue weighted by atomic mass is 79.9. The van der Waals surface area contributed by atoms with Crippen LogP contribution in [0.4, 0.5) is 0 Å². The number of hydrogen-bond donors (Lipinski definition) is 0. The van der Waals surface area contributed by atoms with Gasteiger partial charge in [0.05, 0.1) is 11.1 Å². The van der Waals surface area contributed by atoms with Crippen molar-refractivity contribution in [1.82, 2.24) is 0 Å². The van der Waals surface area contributed by atoms with E-state index in [9.17, 15) is 0 Å². The number of hydrogen-bond acceptors (Lipinski definition) is 3. The average molecular weight is 299 g/mol. The van der Waals surface area contributed by atoms with E-state index in [-0.39, 0.29) is 0 Å². The second-order valence-electron chi connectivity index (χ2n) is 3.46. The summed E-state index contributed by atoms with van der Waals surface area (Å²) in [6.07, 6.45) is 0. The van der Waals surface area contributed by atoms with Gasteiger partial charge in [0, 0.05) is 4.47 Å². The molecule has 0 saturated heterocycles. The quantitative estimate of drug-likeness (QED) is 0.842. The third-order valence-electron chi connectivity index (χ3n) is 2.30. The number of rotatable bonds is 2. The molecule has 0 atom stereocenters. The summed E-state index contributed by atoms with van der Waals surface area (Å²) in [5, 5.41) is 17.8. The van der Waals surface area contributed by atoms with Gasteiger partial charge in [-0.05, 0) is 46.3 Å². The molecule has 3 nitrogen and oxygen atoms in total. The number of benzene rings is 2. The van der Waals surface area contributed by atoms with Crippen LogP contribution in [-0.2, 0) is 0 Å². The van der Waals surface area contributed by atoms with Gasteiger partial charge in [-0.15, -0.1) is 0 Å². The van der Waals surface area contributed by atoms with Crippen LogP contribution in [0.1, 0.15) is 11.1 Å². The fraction of sp³-hybridized carbons (Fsp3) is 0. The van der Waals surface area contributed by atoms with Gasteiger partial charge in [-0.1, -0.05) is 12.1 Å². The summed E-state index contributed by atoms with van der Waals surface area (Å²) in [5.74, 6) is 1.07. The highest BCUT2D eigenvalue weighted by molar-refractivity contribution is 9.10. The van der Waals surface area contributed by atoms with Gasteiger partial charge in [0.15, 0.2) is 0 Å². The maximum absolute atomic E-state index is 8.95. The SMILES string of the molecule is N#Cc1ccc(Oc2ccccc2C#N)cc1Br. The fourth-order valence-corrected chi connectivity index (χ4v) is 1.87. The molecule has 0 aromatic heterocycles. The average Bonchev–Trinajstić information content (AvgIpc) is 2.39. The Kier molecular flexibility index (Phi) is 3.62. The van der Waals surface area contributed by atoms with Crippen LogP contribution in [0, 0.1) is 22.7 Å². The Bertz CT molecular complexity index is 668. The molecule has 0 unspecified atom stereocenters. The molecule has 0 amide bonds. The maximum Gasteiger partial charge on any atom is 0.145 e. The molecule has 0 spiro atoms. The van der Waals surface area contributed by atoms with Gasteiger partial charge in [-0.3, -0.25) is 0 Å². The number of para-hydroxylation sites is 1. The minimum absolute atomic E-state index is 0.470. The van der Waals surface area contributed by atoms with Crippen LogP contribution in [0.3, 0.4) is 0 Å². The Morgan fingerprint density at radius 1 is 0.944 bits per heavy atom. The molecule has 2 aromatic carbocycles. The monoisotopic (exact) mass is 298 g/mol. The van der Waals surface area contributed by atoms with Crippen LogP contribution >= 0.6 is 15.9 Å². The molecule has 0 aliphatic rings. The predicted molar refractivity (Wildman–Crippen MR) is 70.1 cm³/mol. The molecule has 0 aliphatic carbocycles. The van der Waals surface area contributed by atoms with E-state index in [1.54, 1.807) is 42.5 Å². The number of ether oxygens (including phenoxy) is 1. The maximum atomic E-state index is 8.95. The molecule has 0 fully saturated rings. The van der Waals surface area contributed by atoms with Gasteiger partial charge < -0.3 is 4.74 Å². The first-order chi connectivity index (χ1) is 8.74. The molecule has 4 heteroatoms. The normalized spacial score (nSPS) is 9.28. The van der Waals surface area contributed by atoms with E-state index in [1.807, 2.05) is 0 Å². The van der Waals surface area contributed by atoms with Gasteiger partial charge in [-0.2, -0.15) is 10.5 Å². The molecule has 0 heterocycles. The van der Waals surface area contributed by atoms with Crippen molar-refractivity contribution in [2.45, 2.75) is 0 Å². The summed E-state index contributed by atoms with van der Waals surface area (Å²) in [6.45, 7) is 0. The lowest BCUT2D eigenvalue weighted by atomic mass is 10.2. The zero-order valence-corrected chi connectivity index (χ0v) is 10.8. The van der Waals surface area contributed by atoms with Crippen LogP contribution in [0.2, 0.25) is 0 Å². The second-order valence-corrected chi connectivity index (χ2v) is 4.32. The summed E-state index contributed by atoms with van der Waals surface area (Å²) in [4.78, 5) is 0. The molecule has 0 N–H and O–H groups in total. The first kappa shape index (κ1) is 12.2. The number of halogens is 1. The summed E-state index contributed by atoms with van der Waals surface area (Å²) in [6, 6.07) is 16.2. The summed E-state index contributed by atoms with van der Waals surface area (Å²) >= 11 is 3.29. The van der Waals surface area contributed by atoms with Gasteiger partial charge in [0.1, 0.15) is 23.6 Å². The Labute approximate surface area is 113 Å². The zero-order valence-electron chi connectivity index (χ0n) is 9.22. The molecule has 0 saturated carbocycles. The Hall–Kier alpha value is -2.30. The van der Waals surface area contributed by atoms with Gasteiger partial charge in [-0.25, -0.2) is 0 Å². The summed E-state index contributed by atoms with van der Waals surface area (Å²) < 4.78 is 6.28. The van der Waals surface area contributed by atoms with E-state index in [1.165, 1.54) is 0 Å². The Morgan fingerprint density at radius 3 is 2.33 bits per heavy atom. The van der Waals surface area contributed by atoms with Crippen molar-refractivity contribution in [2.24, 2.45) is 0 Å². The number of nitrogens with zero attached hydrogens (tertiary/aromatic N) is 2. The summed E-state index contributed by atoms with van der Waals surface area (Å²) in [5.41, 5.74) is 1.01. The van der Waals surface area contributed by atoms with E-state index in [4.69, 9.17) is 15.3 Å². The van der Waals surface area contributed by atoms with Crippen LogP contribution in [0.25, 0.3) is 0 Å². The second kappa shape index (κ2) is 5.35. The van der Waals surface area contributed by atoms with E-state index in [0.29, 0.717) is 27.1 Å². The van der Waals surface area contributed by atoms with Gasteiger partial charge in [0.25, 0.3) is 0 Å². The van der Waals surface area contributed by atoms with E-state index >= 15 is 0 Å². The highest BCUT2D eigenvalue weighted by Gasteiger charge is 2.05. The first-order valence-electron chi connectivity index (χ1n) is 5.11. The van der Waals surface area contributed by atoms with E-state index < -0.39 is 0 Å². The molecule has 18 heavy (non-hydrogen) atoms. The lowest BCUT2D eigenvalue weighted by Gasteiger charge is -2.07. The molecule has 0 bridgehead atoms.